The molecule has 0 bridgehead atoms. The molecule has 3 N–H and O–H groups in total. The van der Waals surface area contributed by atoms with Gasteiger partial charge in [-0.05, 0) is 43.0 Å². The lowest BCUT2D eigenvalue weighted by Gasteiger charge is -2.12. The van der Waals surface area contributed by atoms with E-state index < -0.39 is 6.04 Å². The van der Waals surface area contributed by atoms with Gasteiger partial charge >= 0.3 is 0 Å². The van der Waals surface area contributed by atoms with Gasteiger partial charge in [0.1, 0.15) is 0 Å². The average Bonchev–Trinajstić information content (AvgIpc) is 2.31. The van der Waals surface area contributed by atoms with Crippen LogP contribution in [0.2, 0.25) is 0 Å². The Labute approximate surface area is 103 Å². The van der Waals surface area contributed by atoms with E-state index in [1.165, 1.54) is 11.1 Å². The lowest BCUT2D eigenvalue weighted by atomic mass is 10.1. The van der Waals surface area contributed by atoms with Crippen LogP contribution in [0.4, 0.5) is 5.69 Å². The molecular formula is C14H22N2O. The number of benzene rings is 1. The number of carbonyl (C=O) groups excluding carboxylic acids is 1. The van der Waals surface area contributed by atoms with Crippen LogP contribution in [-0.2, 0) is 11.2 Å². The molecule has 1 amide bonds. The summed E-state index contributed by atoms with van der Waals surface area (Å²) >= 11 is 0. The molecule has 1 aromatic carbocycles. The molecule has 0 aliphatic rings. The molecule has 0 radical (unpaired) electrons. The highest BCUT2D eigenvalue weighted by Crippen LogP contribution is 2.16. The van der Waals surface area contributed by atoms with Crippen LogP contribution in [0.5, 0.6) is 0 Å². The van der Waals surface area contributed by atoms with Crippen LogP contribution in [0.15, 0.2) is 18.2 Å². The highest BCUT2D eigenvalue weighted by Gasteiger charge is 2.12. The molecule has 0 spiro atoms. The third kappa shape index (κ3) is 3.86. The molecule has 1 aromatic rings. The maximum Gasteiger partial charge on any atom is 0.241 e. The van der Waals surface area contributed by atoms with Crippen molar-refractivity contribution in [2.24, 2.45) is 5.73 Å². The molecular weight excluding hydrogens is 212 g/mol. The van der Waals surface area contributed by atoms with Gasteiger partial charge < -0.3 is 11.1 Å². The molecule has 0 saturated carbocycles. The van der Waals surface area contributed by atoms with Gasteiger partial charge in [-0.3, -0.25) is 4.79 Å². The van der Waals surface area contributed by atoms with E-state index in [1.807, 2.05) is 25.1 Å². The summed E-state index contributed by atoms with van der Waals surface area (Å²) in [7, 11) is 0. The van der Waals surface area contributed by atoms with E-state index in [2.05, 4.69) is 19.2 Å². The SMILES string of the molecule is CCCC(N)C(=O)Nc1ccc(C)c(CC)c1. The van der Waals surface area contributed by atoms with Crippen molar-refractivity contribution in [3.8, 4) is 0 Å². The Bertz CT molecular complexity index is 388. The number of carbonyl (C=O) groups is 1. The fraction of sp³-hybridized carbons (Fsp3) is 0.500. The number of rotatable bonds is 5. The minimum absolute atomic E-state index is 0.0993. The standard InChI is InChI=1S/C14H22N2O/c1-4-6-13(15)14(17)16-12-8-7-10(3)11(5-2)9-12/h7-9,13H,4-6,15H2,1-3H3,(H,16,17). The molecule has 1 rings (SSSR count). The molecule has 0 aliphatic heterocycles. The second kappa shape index (κ2) is 6.40. The van der Waals surface area contributed by atoms with Gasteiger partial charge in [-0.15, -0.1) is 0 Å². The van der Waals surface area contributed by atoms with Gasteiger partial charge in [-0.1, -0.05) is 26.3 Å². The zero-order valence-corrected chi connectivity index (χ0v) is 10.9. The van der Waals surface area contributed by atoms with Gasteiger partial charge in [0.2, 0.25) is 5.91 Å². The summed E-state index contributed by atoms with van der Waals surface area (Å²) < 4.78 is 0. The molecule has 0 aliphatic carbocycles. The van der Waals surface area contributed by atoms with Crippen LogP contribution in [0.3, 0.4) is 0 Å². The van der Waals surface area contributed by atoms with Crippen molar-refractivity contribution in [1.82, 2.24) is 0 Å². The zero-order valence-electron chi connectivity index (χ0n) is 10.9. The highest BCUT2D eigenvalue weighted by molar-refractivity contribution is 5.94. The fourth-order valence-corrected chi connectivity index (χ4v) is 1.81. The third-order valence-corrected chi connectivity index (χ3v) is 2.93. The highest BCUT2D eigenvalue weighted by atomic mass is 16.2. The number of amides is 1. The first-order chi connectivity index (χ1) is 8.08. The number of hydrogen-bond acceptors (Lipinski definition) is 2. The predicted octanol–water partition coefficient (Wildman–Crippen LogP) is 2.62. The van der Waals surface area contributed by atoms with Crippen molar-refractivity contribution in [3.05, 3.63) is 29.3 Å². The van der Waals surface area contributed by atoms with E-state index in [4.69, 9.17) is 5.73 Å². The predicted molar refractivity (Wildman–Crippen MR) is 72.1 cm³/mol. The van der Waals surface area contributed by atoms with Crippen molar-refractivity contribution >= 4 is 11.6 Å². The van der Waals surface area contributed by atoms with Crippen LogP contribution >= 0.6 is 0 Å². The van der Waals surface area contributed by atoms with Crippen molar-refractivity contribution < 1.29 is 4.79 Å². The van der Waals surface area contributed by atoms with Crippen molar-refractivity contribution in [1.29, 1.82) is 0 Å². The number of hydrogen-bond donors (Lipinski definition) is 2. The lowest BCUT2D eigenvalue weighted by Crippen LogP contribution is -2.35. The first-order valence-electron chi connectivity index (χ1n) is 6.24. The van der Waals surface area contributed by atoms with E-state index >= 15 is 0 Å². The molecule has 1 unspecified atom stereocenters. The Morgan fingerprint density at radius 3 is 2.71 bits per heavy atom. The van der Waals surface area contributed by atoms with E-state index in [9.17, 15) is 4.79 Å². The molecule has 3 heteroatoms. The Morgan fingerprint density at radius 1 is 1.41 bits per heavy atom. The average molecular weight is 234 g/mol. The van der Waals surface area contributed by atoms with Crippen LogP contribution < -0.4 is 11.1 Å². The summed E-state index contributed by atoms with van der Waals surface area (Å²) in [5, 5.41) is 2.86. The molecule has 0 aromatic heterocycles. The molecule has 1 atom stereocenters. The van der Waals surface area contributed by atoms with Crippen LogP contribution in [0, 0.1) is 6.92 Å². The Hall–Kier alpha value is -1.35. The van der Waals surface area contributed by atoms with E-state index in [1.54, 1.807) is 0 Å². The topological polar surface area (TPSA) is 55.1 Å². The quantitative estimate of drug-likeness (QED) is 0.823. The number of nitrogens with two attached hydrogens (primary N) is 1. The molecule has 0 fully saturated rings. The van der Waals surface area contributed by atoms with Crippen LogP contribution in [0.1, 0.15) is 37.8 Å². The summed E-state index contributed by atoms with van der Waals surface area (Å²) in [6, 6.07) is 5.56. The smallest absolute Gasteiger partial charge is 0.241 e. The number of nitrogens with one attached hydrogen (secondary N) is 1. The summed E-state index contributed by atoms with van der Waals surface area (Å²) in [5.41, 5.74) is 9.11. The third-order valence-electron chi connectivity index (χ3n) is 2.93. The molecule has 17 heavy (non-hydrogen) atoms. The summed E-state index contributed by atoms with van der Waals surface area (Å²) in [5.74, 6) is -0.0993. The van der Waals surface area contributed by atoms with Crippen molar-refractivity contribution in [2.45, 2.75) is 46.1 Å². The van der Waals surface area contributed by atoms with Gasteiger partial charge in [-0.25, -0.2) is 0 Å². The first-order valence-corrected chi connectivity index (χ1v) is 6.24. The van der Waals surface area contributed by atoms with E-state index in [0.29, 0.717) is 0 Å². The maximum absolute atomic E-state index is 11.8. The number of aryl methyl sites for hydroxylation is 2. The lowest BCUT2D eigenvalue weighted by molar-refractivity contribution is -0.117. The summed E-state index contributed by atoms with van der Waals surface area (Å²) in [4.78, 5) is 11.8. The first kappa shape index (κ1) is 13.7. The van der Waals surface area contributed by atoms with Gasteiger partial charge in [0.05, 0.1) is 6.04 Å². The normalized spacial score (nSPS) is 12.2. The summed E-state index contributed by atoms with van der Waals surface area (Å²) in [6.45, 7) is 6.21. The molecule has 0 heterocycles. The van der Waals surface area contributed by atoms with Gasteiger partial charge in [-0.2, -0.15) is 0 Å². The monoisotopic (exact) mass is 234 g/mol. The minimum Gasteiger partial charge on any atom is -0.325 e. The van der Waals surface area contributed by atoms with E-state index in [0.717, 1.165) is 24.9 Å². The van der Waals surface area contributed by atoms with E-state index in [-0.39, 0.29) is 5.91 Å². The van der Waals surface area contributed by atoms with Gasteiger partial charge in [0, 0.05) is 5.69 Å². The second-order valence-electron chi connectivity index (χ2n) is 4.38. The molecule has 3 nitrogen and oxygen atoms in total. The minimum atomic E-state index is -0.411. The van der Waals surface area contributed by atoms with Gasteiger partial charge in [0.15, 0.2) is 0 Å². The Kier molecular flexibility index (Phi) is 5.16. The summed E-state index contributed by atoms with van der Waals surface area (Å²) in [6.07, 6.45) is 2.61. The van der Waals surface area contributed by atoms with Gasteiger partial charge in [0.25, 0.3) is 0 Å². The zero-order chi connectivity index (χ0) is 12.8. The maximum atomic E-state index is 11.8. The second-order valence-corrected chi connectivity index (χ2v) is 4.38. The van der Waals surface area contributed by atoms with Crippen LogP contribution in [-0.4, -0.2) is 11.9 Å². The van der Waals surface area contributed by atoms with Crippen molar-refractivity contribution in [3.63, 3.8) is 0 Å². The Morgan fingerprint density at radius 2 is 2.12 bits per heavy atom. The van der Waals surface area contributed by atoms with Crippen LogP contribution in [0.25, 0.3) is 0 Å². The Balaban J connectivity index is 2.71. The van der Waals surface area contributed by atoms with Crippen molar-refractivity contribution in [2.75, 3.05) is 5.32 Å². The largest absolute Gasteiger partial charge is 0.325 e. The molecule has 0 saturated heterocycles. The molecule has 94 valence electrons. The number of anilines is 1. The fourth-order valence-electron chi connectivity index (χ4n) is 1.81.